The molecule has 1 aromatic rings. The van der Waals surface area contributed by atoms with Gasteiger partial charge in [-0.1, -0.05) is 11.3 Å². The fourth-order valence-electron chi connectivity index (χ4n) is 1.64. The van der Waals surface area contributed by atoms with Crippen molar-refractivity contribution in [3.8, 4) is 0 Å². The molecule has 1 fully saturated rings. The molecule has 0 bridgehead atoms. The zero-order valence-electron chi connectivity index (χ0n) is 10.4. The van der Waals surface area contributed by atoms with Crippen LogP contribution in [0, 0.1) is 0 Å². The average molecular weight is 345 g/mol. The summed E-state index contributed by atoms with van der Waals surface area (Å²) in [6, 6.07) is -0.904. The molecule has 1 aliphatic rings. The van der Waals surface area contributed by atoms with Gasteiger partial charge in [-0.2, -0.15) is 13.2 Å². The van der Waals surface area contributed by atoms with E-state index < -0.39 is 29.4 Å². The molecule has 0 aromatic carbocycles. The van der Waals surface area contributed by atoms with E-state index in [1.54, 1.807) is 0 Å². The maximum absolute atomic E-state index is 12.5. The molecule has 7 nitrogen and oxygen atoms in total. The summed E-state index contributed by atoms with van der Waals surface area (Å²) in [5.74, 6) is -0.685. The lowest BCUT2D eigenvalue weighted by atomic mass is 10.5. The third-order valence-corrected chi connectivity index (χ3v) is 3.71. The van der Waals surface area contributed by atoms with E-state index in [1.165, 1.54) is 0 Å². The van der Waals surface area contributed by atoms with Gasteiger partial charge < -0.3 is 9.64 Å². The third-order valence-electron chi connectivity index (χ3n) is 2.45. The number of rotatable bonds is 3. The Hall–Kier alpha value is -1.62. The molecule has 21 heavy (non-hydrogen) atoms. The number of aromatic nitrogens is 2. The molecule has 12 heteroatoms. The van der Waals surface area contributed by atoms with Crippen molar-refractivity contribution in [1.29, 1.82) is 0 Å². The molecule has 1 aliphatic heterocycles. The first-order chi connectivity index (χ1) is 9.74. The molecule has 0 saturated carbocycles. The second-order valence-corrected chi connectivity index (χ2v) is 5.14. The lowest BCUT2D eigenvalue weighted by molar-refractivity contribution is -0.145. The summed E-state index contributed by atoms with van der Waals surface area (Å²) < 4.78 is 42.5. The fourth-order valence-corrected chi connectivity index (χ4v) is 2.58. The van der Waals surface area contributed by atoms with Crippen molar-refractivity contribution in [2.75, 3.05) is 17.4 Å². The molecule has 0 spiro atoms. The highest BCUT2D eigenvalue weighted by atomic mass is 35.5. The maximum Gasteiger partial charge on any atom is 0.445 e. The van der Waals surface area contributed by atoms with Crippen LogP contribution in [0.3, 0.4) is 0 Å². The number of halogens is 4. The van der Waals surface area contributed by atoms with Gasteiger partial charge in [-0.3, -0.25) is 4.79 Å². The highest BCUT2D eigenvalue weighted by Gasteiger charge is 2.44. The molecular weight excluding hydrogens is 337 g/mol. The van der Waals surface area contributed by atoms with E-state index in [1.807, 2.05) is 0 Å². The number of hydrogen-bond donors (Lipinski definition) is 0. The van der Waals surface area contributed by atoms with Gasteiger partial charge in [0.2, 0.25) is 16.4 Å². The summed E-state index contributed by atoms with van der Waals surface area (Å²) in [4.78, 5) is 25.0. The van der Waals surface area contributed by atoms with E-state index in [2.05, 4.69) is 10.2 Å². The van der Waals surface area contributed by atoms with Crippen molar-refractivity contribution < 1.29 is 27.5 Å². The standard InChI is InChI=1S/C9H8ClF3N4O3S/c1-4(18)20-5-2-16(3-10)8(19)17(5)7-15-14-6(21-7)9(11,12)13/h5H,2-3H2,1H3. The first-order valence-electron chi connectivity index (χ1n) is 5.46. The zero-order valence-corrected chi connectivity index (χ0v) is 12.0. The normalized spacial score (nSPS) is 19.3. The molecule has 2 rings (SSSR count). The Balaban J connectivity index is 2.31. The Morgan fingerprint density at radius 1 is 1.52 bits per heavy atom. The number of alkyl halides is 4. The lowest BCUT2D eigenvalue weighted by Crippen LogP contribution is -2.37. The van der Waals surface area contributed by atoms with Gasteiger partial charge in [-0.25, -0.2) is 9.69 Å². The molecule has 1 aromatic heterocycles. The van der Waals surface area contributed by atoms with Crippen LogP contribution < -0.4 is 4.90 Å². The summed E-state index contributed by atoms with van der Waals surface area (Å²) in [5, 5.41) is 4.81. The number of carbonyl (C=O) groups excluding carboxylic acids is 2. The van der Waals surface area contributed by atoms with Gasteiger partial charge in [0, 0.05) is 6.92 Å². The summed E-state index contributed by atoms with van der Waals surface area (Å²) in [6.45, 7) is 1.05. The molecule has 1 saturated heterocycles. The predicted octanol–water partition coefficient (Wildman–Crippen LogP) is 1.88. The number of ether oxygens (including phenoxy) is 1. The van der Waals surface area contributed by atoms with E-state index in [0.717, 1.165) is 16.7 Å². The van der Waals surface area contributed by atoms with Crippen LogP contribution in [0.25, 0.3) is 0 Å². The highest BCUT2D eigenvalue weighted by Crippen LogP contribution is 2.36. The van der Waals surface area contributed by atoms with Crippen LogP contribution in [-0.4, -0.2) is 45.9 Å². The first kappa shape index (κ1) is 15.8. The summed E-state index contributed by atoms with van der Waals surface area (Å²) in [7, 11) is 0. The third kappa shape index (κ3) is 3.18. The Morgan fingerprint density at radius 3 is 2.67 bits per heavy atom. The van der Waals surface area contributed by atoms with Crippen LogP contribution in [-0.2, 0) is 15.7 Å². The van der Waals surface area contributed by atoms with Gasteiger partial charge in [-0.15, -0.1) is 21.8 Å². The lowest BCUT2D eigenvalue weighted by Gasteiger charge is -2.18. The smallest absolute Gasteiger partial charge is 0.439 e. The number of hydrogen-bond acceptors (Lipinski definition) is 6. The maximum atomic E-state index is 12.5. The highest BCUT2D eigenvalue weighted by molar-refractivity contribution is 7.15. The Labute approximate surface area is 125 Å². The van der Waals surface area contributed by atoms with Gasteiger partial charge in [-0.05, 0) is 0 Å². The summed E-state index contributed by atoms with van der Waals surface area (Å²) >= 11 is 5.74. The van der Waals surface area contributed by atoms with E-state index in [9.17, 15) is 22.8 Å². The number of carbonyl (C=O) groups is 2. The van der Waals surface area contributed by atoms with Crippen molar-refractivity contribution in [3.05, 3.63) is 5.01 Å². The molecule has 0 N–H and O–H groups in total. The minimum Gasteiger partial charge on any atom is -0.439 e. The van der Waals surface area contributed by atoms with Crippen LogP contribution in [0.2, 0.25) is 0 Å². The molecule has 0 radical (unpaired) electrons. The molecule has 0 aliphatic carbocycles. The van der Waals surface area contributed by atoms with Gasteiger partial charge in [0.1, 0.15) is 0 Å². The molecule has 2 amide bonds. The number of amides is 2. The fraction of sp³-hybridized carbons (Fsp3) is 0.556. The molecule has 1 unspecified atom stereocenters. The van der Waals surface area contributed by atoms with Crippen molar-refractivity contribution in [2.45, 2.75) is 19.3 Å². The predicted molar refractivity (Wildman–Crippen MR) is 65.8 cm³/mol. The van der Waals surface area contributed by atoms with E-state index >= 15 is 0 Å². The van der Waals surface area contributed by atoms with Crippen LogP contribution >= 0.6 is 22.9 Å². The van der Waals surface area contributed by atoms with Crippen LogP contribution in [0.15, 0.2) is 0 Å². The van der Waals surface area contributed by atoms with Crippen LogP contribution in [0.4, 0.5) is 23.1 Å². The number of nitrogens with zero attached hydrogens (tertiary/aromatic N) is 4. The molecule has 116 valence electrons. The van der Waals surface area contributed by atoms with Gasteiger partial charge in [0.05, 0.1) is 12.5 Å². The second-order valence-electron chi connectivity index (χ2n) is 3.95. The van der Waals surface area contributed by atoms with Crippen molar-refractivity contribution in [1.82, 2.24) is 15.1 Å². The second kappa shape index (κ2) is 5.64. The van der Waals surface area contributed by atoms with E-state index in [4.69, 9.17) is 16.3 Å². The quantitative estimate of drug-likeness (QED) is 0.475. The Bertz CT molecular complexity index is 567. The van der Waals surface area contributed by atoms with E-state index in [0.29, 0.717) is 0 Å². The first-order valence-corrected chi connectivity index (χ1v) is 6.81. The monoisotopic (exact) mass is 344 g/mol. The molecule has 1 atom stereocenters. The van der Waals surface area contributed by atoms with Crippen molar-refractivity contribution in [3.63, 3.8) is 0 Å². The topological polar surface area (TPSA) is 75.6 Å². The van der Waals surface area contributed by atoms with Crippen molar-refractivity contribution in [2.24, 2.45) is 0 Å². The molecular formula is C9H8ClF3N4O3S. The number of anilines is 1. The summed E-state index contributed by atoms with van der Waals surface area (Å²) in [5.41, 5.74) is 0. The minimum absolute atomic E-state index is 0.0666. The van der Waals surface area contributed by atoms with E-state index in [-0.39, 0.29) is 29.0 Å². The van der Waals surface area contributed by atoms with Crippen LogP contribution in [0.5, 0.6) is 0 Å². The number of esters is 1. The minimum atomic E-state index is -4.66. The van der Waals surface area contributed by atoms with Gasteiger partial charge in [0.25, 0.3) is 0 Å². The zero-order chi connectivity index (χ0) is 15.8. The van der Waals surface area contributed by atoms with Crippen molar-refractivity contribution >= 4 is 40.1 Å². The Kier molecular flexibility index (Phi) is 4.23. The molecule has 2 heterocycles. The average Bonchev–Trinajstić information content (AvgIpc) is 2.93. The largest absolute Gasteiger partial charge is 0.445 e. The number of urea groups is 1. The van der Waals surface area contributed by atoms with Crippen LogP contribution in [0.1, 0.15) is 11.9 Å². The Morgan fingerprint density at radius 2 is 2.19 bits per heavy atom. The van der Waals surface area contributed by atoms with Gasteiger partial charge in [0.15, 0.2) is 0 Å². The summed E-state index contributed by atoms with van der Waals surface area (Å²) in [6.07, 6.45) is -5.76. The SMILES string of the molecule is CC(=O)OC1CN(CCl)C(=O)N1c1nnc(C(F)(F)F)s1. The van der Waals surface area contributed by atoms with Gasteiger partial charge >= 0.3 is 18.2 Å².